The zero-order valence-corrected chi connectivity index (χ0v) is 23.3. The summed E-state index contributed by atoms with van der Waals surface area (Å²) in [5.41, 5.74) is 4.51. The molecule has 0 radical (unpaired) electrons. The molecule has 41 heavy (non-hydrogen) atoms. The maximum absolute atomic E-state index is 13.9. The molecule has 2 N–H and O–H groups in total. The minimum absolute atomic E-state index is 0.0443. The molecule has 0 spiro atoms. The smallest absolute Gasteiger partial charge is 0.305 e. The maximum Gasteiger partial charge on any atom is 0.305 e. The fourth-order valence-corrected chi connectivity index (χ4v) is 4.85. The number of carboxylic acids is 1. The van der Waals surface area contributed by atoms with Crippen molar-refractivity contribution in [2.24, 2.45) is 0 Å². The number of amides is 2. The molecule has 0 bridgehead atoms. The summed E-state index contributed by atoms with van der Waals surface area (Å²) < 4.78 is 0. The van der Waals surface area contributed by atoms with Gasteiger partial charge in [0.05, 0.1) is 6.42 Å². The van der Waals surface area contributed by atoms with E-state index in [-0.39, 0.29) is 30.8 Å². The van der Waals surface area contributed by atoms with Gasteiger partial charge < -0.3 is 15.3 Å². The number of hydrogen-bond donors (Lipinski definition) is 2. The van der Waals surface area contributed by atoms with Crippen LogP contribution in [0.15, 0.2) is 109 Å². The lowest BCUT2D eigenvalue weighted by Gasteiger charge is -2.24. The van der Waals surface area contributed by atoms with Gasteiger partial charge in [0, 0.05) is 30.3 Å². The van der Waals surface area contributed by atoms with Crippen LogP contribution in [0.5, 0.6) is 0 Å². The Kier molecular flexibility index (Phi) is 10.4. The predicted molar refractivity (Wildman–Crippen MR) is 162 cm³/mol. The van der Waals surface area contributed by atoms with Gasteiger partial charge in [-0.3, -0.25) is 14.4 Å². The van der Waals surface area contributed by atoms with Crippen LogP contribution < -0.4 is 5.32 Å². The molecule has 4 aromatic rings. The summed E-state index contributed by atoms with van der Waals surface area (Å²) in [7, 11) is 0. The summed E-state index contributed by atoms with van der Waals surface area (Å²) in [6, 6.07) is 34.4. The van der Waals surface area contributed by atoms with Gasteiger partial charge in [-0.25, -0.2) is 0 Å². The molecule has 4 rings (SSSR count). The lowest BCUT2D eigenvalue weighted by atomic mass is 9.94. The SMILES string of the molecule is CC(CCc1ccccc1)NC(=O)c1ccccc1-c1ccccc1C(=O)N(CCC(=O)O)CCc1ccccc1. The summed E-state index contributed by atoms with van der Waals surface area (Å²) in [5, 5.41) is 12.4. The van der Waals surface area contributed by atoms with Crippen LogP contribution in [0.3, 0.4) is 0 Å². The summed E-state index contributed by atoms with van der Waals surface area (Å²) in [4.78, 5) is 40.3. The molecule has 0 heterocycles. The van der Waals surface area contributed by atoms with Gasteiger partial charge in [-0.2, -0.15) is 0 Å². The number of nitrogens with zero attached hydrogens (tertiary/aromatic N) is 1. The third kappa shape index (κ3) is 8.39. The van der Waals surface area contributed by atoms with E-state index in [1.165, 1.54) is 5.56 Å². The van der Waals surface area contributed by atoms with Crippen LogP contribution in [0.25, 0.3) is 11.1 Å². The monoisotopic (exact) mass is 548 g/mol. The van der Waals surface area contributed by atoms with Crippen LogP contribution in [0.4, 0.5) is 0 Å². The number of aliphatic carboxylic acids is 1. The number of rotatable bonds is 13. The molecule has 6 nitrogen and oxygen atoms in total. The van der Waals surface area contributed by atoms with Gasteiger partial charge in [-0.05, 0) is 60.6 Å². The van der Waals surface area contributed by atoms with Crippen molar-refractivity contribution in [1.29, 1.82) is 0 Å². The van der Waals surface area contributed by atoms with E-state index < -0.39 is 5.97 Å². The number of hydrogen-bond acceptors (Lipinski definition) is 3. The van der Waals surface area contributed by atoms with Gasteiger partial charge in [0.2, 0.25) is 0 Å². The number of carbonyl (C=O) groups is 3. The Labute approximate surface area is 241 Å². The Morgan fingerprint density at radius 1 is 0.683 bits per heavy atom. The second-order valence-electron chi connectivity index (χ2n) is 10.2. The summed E-state index contributed by atoms with van der Waals surface area (Å²) in [6.07, 6.45) is 2.11. The zero-order valence-electron chi connectivity index (χ0n) is 23.3. The van der Waals surface area contributed by atoms with Crippen LogP contribution in [-0.2, 0) is 17.6 Å². The molecule has 0 aliphatic carbocycles. The second-order valence-corrected chi connectivity index (χ2v) is 10.2. The van der Waals surface area contributed by atoms with Crippen molar-refractivity contribution >= 4 is 17.8 Å². The Morgan fingerprint density at radius 2 is 1.20 bits per heavy atom. The average molecular weight is 549 g/mol. The number of nitrogens with one attached hydrogen (secondary N) is 1. The minimum Gasteiger partial charge on any atom is -0.481 e. The van der Waals surface area contributed by atoms with Crippen molar-refractivity contribution in [3.05, 3.63) is 131 Å². The van der Waals surface area contributed by atoms with Crippen LogP contribution in [-0.4, -0.2) is 46.9 Å². The standard InChI is InChI=1S/C35H36N2O4/c1-26(20-21-27-12-4-2-5-13-27)36-34(40)31-18-10-8-16-29(31)30-17-9-11-19-32(30)35(41)37(25-23-33(38)39)24-22-28-14-6-3-7-15-28/h2-19,26H,20-25H2,1H3,(H,36,40)(H,38,39). The lowest BCUT2D eigenvalue weighted by molar-refractivity contribution is -0.137. The molecular formula is C35H36N2O4. The zero-order chi connectivity index (χ0) is 29.0. The number of benzene rings is 4. The number of carbonyl (C=O) groups excluding carboxylic acids is 2. The first kappa shape index (κ1) is 29.3. The van der Waals surface area contributed by atoms with Crippen LogP contribution in [0.1, 0.15) is 51.6 Å². The van der Waals surface area contributed by atoms with Gasteiger partial charge >= 0.3 is 5.97 Å². The van der Waals surface area contributed by atoms with Crippen molar-refractivity contribution in [1.82, 2.24) is 10.2 Å². The summed E-state index contributed by atoms with van der Waals surface area (Å²) >= 11 is 0. The van der Waals surface area contributed by atoms with Gasteiger partial charge in [0.25, 0.3) is 11.8 Å². The van der Waals surface area contributed by atoms with Gasteiger partial charge in [-0.1, -0.05) is 97.1 Å². The fraction of sp³-hybridized carbons (Fsp3) is 0.229. The van der Waals surface area contributed by atoms with Crippen molar-refractivity contribution in [3.63, 3.8) is 0 Å². The third-order valence-electron chi connectivity index (χ3n) is 7.10. The highest BCUT2D eigenvalue weighted by Gasteiger charge is 2.23. The molecule has 0 aliphatic rings. The fourth-order valence-electron chi connectivity index (χ4n) is 4.85. The van der Waals surface area contributed by atoms with Crippen molar-refractivity contribution < 1.29 is 19.5 Å². The van der Waals surface area contributed by atoms with Gasteiger partial charge in [0.1, 0.15) is 0 Å². The molecule has 4 aromatic carbocycles. The summed E-state index contributed by atoms with van der Waals surface area (Å²) in [5.74, 6) is -1.42. The van der Waals surface area contributed by atoms with E-state index in [0.29, 0.717) is 35.2 Å². The molecule has 0 fully saturated rings. The topological polar surface area (TPSA) is 86.7 Å². The van der Waals surface area contributed by atoms with Crippen molar-refractivity contribution in [3.8, 4) is 11.1 Å². The number of carboxylic acid groups (broad SMARTS) is 1. The van der Waals surface area contributed by atoms with Gasteiger partial charge in [-0.15, -0.1) is 0 Å². The highest BCUT2D eigenvalue weighted by molar-refractivity contribution is 6.06. The Morgan fingerprint density at radius 3 is 1.80 bits per heavy atom. The van der Waals surface area contributed by atoms with E-state index in [2.05, 4.69) is 17.4 Å². The molecule has 0 aliphatic heterocycles. The van der Waals surface area contributed by atoms with E-state index in [1.807, 2.05) is 85.8 Å². The normalized spacial score (nSPS) is 11.4. The minimum atomic E-state index is -0.959. The molecule has 6 heteroatoms. The van der Waals surface area contributed by atoms with Crippen LogP contribution >= 0.6 is 0 Å². The first-order valence-electron chi connectivity index (χ1n) is 14.0. The molecular weight excluding hydrogens is 512 g/mol. The Balaban J connectivity index is 1.55. The van der Waals surface area contributed by atoms with E-state index in [9.17, 15) is 19.5 Å². The molecule has 210 valence electrons. The van der Waals surface area contributed by atoms with Crippen molar-refractivity contribution in [2.45, 2.75) is 38.6 Å². The first-order chi connectivity index (χ1) is 19.9. The van der Waals surface area contributed by atoms with E-state index in [0.717, 1.165) is 18.4 Å². The van der Waals surface area contributed by atoms with Crippen molar-refractivity contribution in [2.75, 3.05) is 13.1 Å². The summed E-state index contributed by atoms with van der Waals surface area (Å²) in [6.45, 7) is 2.47. The maximum atomic E-state index is 13.9. The lowest BCUT2D eigenvalue weighted by Crippen LogP contribution is -2.35. The van der Waals surface area contributed by atoms with Gasteiger partial charge in [0.15, 0.2) is 0 Å². The highest BCUT2D eigenvalue weighted by Crippen LogP contribution is 2.28. The molecule has 2 amide bonds. The number of aryl methyl sites for hydroxylation is 1. The molecule has 0 aromatic heterocycles. The third-order valence-corrected chi connectivity index (χ3v) is 7.10. The van der Waals surface area contributed by atoms with Crippen LogP contribution in [0, 0.1) is 0 Å². The van der Waals surface area contributed by atoms with E-state index >= 15 is 0 Å². The first-order valence-corrected chi connectivity index (χ1v) is 14.0. The molecule has 0 saturated heterocycles. The predicted octanol–water partition coefficient (Wildman–Crippen LogP) is 6.26. The van der Waals surface area contributed by atoms with E-state index in [1.54, 1.807) is 23.1 Å². The molecule has 0 saturated carbocycles. The quantitative estimate of drug-likeness (QED) is 0.206. The Hall–Kier alpha value is -4.71. The Bertz CT molecular complexity index is 1450. The largest absolute Gasteiger partial charge is 0.481 e. The average Bonchev–Trinajstić information content (AvgIpc) is 3.00. The van der Waals surface area contributed by atoms with Crippen LogP contribution in [0.2, 0.25) is 0 Å². The second kappa shape index (κ2) is 14.6. The highest BCUT2D eigenvalue weighted by atomic mass is 16.4. The molecule has 1 unspecified atom stereocenters. The van der Waals surface area contributed by atoms with E-state index in [4.69, 9.17) is 0 Å². The molecule has 1 atom stereocenters.